The molecule has 0 amide bonds. The molecule has 34 heavy (non-hydrogen) atoms. The second kappa shape index (κ2) is 10.4. The van der Waals surface area contributed by atoms with Crippen LogP contribution in [0, 0.1) is 0 Å². The molecule has 4 rings (SSSR count). The zero-order valence-electron chi connectivity index (χ0n) is 21.5. The molecule has 4 aromatic rings. The normalized spacial score (nSPS) is 11.6. The minimum absolute atomic E-state index is 0.450. The van der Waals surface area contributed by atoms with Gasteiger partial charge in [-0.3, -0.25) is 5.32 Å². The average molecular weight is 449 g/mol. The van der Waals surface area contributed by atoms with Gasteiger partial charge in [-0.2, -0.15) is 0 Å². The number of benzene rings is 4. The molecule has 4 aromatic carbocycles. The molecule has 0 spiro atoms. The van der Waals surface area contributed by atoms with Crippen molar-refractivity contribution in [3.05, 3.63) is 108 Å². The number of nitrogens with two attached hydrogens (primary N) is 1. The molecule has 0 atom stereocenters. The first-order valence-corrected chi connectivity index (χ1v) is 12.6. The molecule has 174 valence electrons. The largest absolute Gasteiger partial charge is 0.280 e. The van der Waals surface area contributed by atoms with Crippen molar-refractivity contribution in [2.75, 3.05) is 0 Å². The summed E-state index contributed by atoms with van der Waals surface area (Å²) in [5, 5.41) is 2.47. The number of para-hydroxylation sites is 1. The van der Waals surface area contributed by atoms with Gasteiger partial charge in [-0.15, -0.1) is 0 Å². The average Bonchev–Trinajstić information content (AvgIpc) is 2.84. The summed E-state index contributed by atoms with van der Waals surface area (Å²) in [4.78, 5) is 0. The van der Waals surface area contributed by atoms with Crippen LogP contribution in [-0.2, 0) is 0 Å². The van der Waals surface area contributed by atoms with Gasteiger partial charge >= 0.3 is 0 Å². The maximum Gasteiger partial charge on any atom is 0.150 e. The van der Waals surface area contributed by atoms with Crippen molar-refractivity contribution in [1.29, 1.82) is 0 Å². The third-order valence-electron chi connectivity index (χ3n) is 6.74. The molecule has 0 aromatic heterocycles. The Balaban J connectivity index is 1.99. The van der Waals surface area contributed by atoms with E-state index in [0.29, 0.717) is 17.8 Å². The van der Waals surface area contributed by atoms with Gasteiger partial charge in [-0.05, 0) is 58.7 Å². The topological polar surface area (TPSA) is 16.6 Å². The van der Waals surface area contributed by atoms with E-state index in [4.69, 9.17) is 0 Å². The Hall–Kier alpha value is -3.16. The Morgan fingerprint density at radius 2 is 0.912 bits per heavy atom. The highest BCUT2D eigenvalue weighted by molar-refractivity contribution is 5.86. The van der Waals surface area contributed by atoms with Crippen LogP contribution in [0.1, 0.15) is 76.0 Å². The predicted octanol–water partition coefficient (Wildman–Crippen LogP) is 8.92. The van der Waals surface area contributed by atoms with Crippen LogP contribution in [0.5, 0.6) is 0 Å². The molecule has 0 saturated heterocycles. The summed E-state index contributed by atoms with van der Waals surface area (Å²) in [6, 6.07) is 33.2. The van der Waals surface area contributed by atoms with Gasteiger partial charge < -0.3 is 0 Å². The highest BCUT2D eigenvalue weighted by Crippen LogP contribution is 2.38. The van der Waals surface area contributed by atoms with E-state index in [9.17, 15) is 0 Å². The summed E-state index contributed by atoms with van der Waals surface area (Å²) in [7, 11) is 0. The molecule has 0 aliphatic rings. The van der Waals surface area contributed by atoms with E-state index in [-0.39, 0.29) is 0 Å². The summed E-state index contributed by atoms with van der Waals surface area (Å²) >= 11 is 0. The maximum atomic E-state index is 2.47. The SMILES string of the molecule is CC(C)c1cc(C(C)C)c([NH2+]c2c(-c3ccccc3)cccc2-c2ccccc2)c(C(C)C)c1. The van der Waals surface area contributed by atoms with Gasteiger partial charge in [-0.25, -0.2) is 0 Å². The second-order valence-corrected chi connectivity index (χ2v) is 10.2. The molecule has 0 unspecified atom stereocenters. The zero-order valence-corrected chi connectivity index (χ0v) is 21.5. The fourth-order valence-corrected chi connectivity index (χ4v) is 4.78. The first kappa shape index (κ1) is 24.0. The first-order valence-electron chi connectivity index (χ1n) is 12.6. The summed E-state index contributed by atoms with van der Waals surface area (Å²) in [5.41, 5.74) is 12.1. The molecular formula is C33H38N+. The van der Waals surface area contributed by atoms with Crippen LogP contribution in [0.3, 0.4) is 0 Å². The number of hydrogen-bond donors (Lipinski definition) is 1. The van der Waals surface area contributed by atoms with Crippen molar-refractivity contribution in [3.8, 4) is 22.3 Å². The summed E-state index contributed by atoms with van der Waals surface area (Å²) in [6.07, 6.45) is 0. The van der Waals surface area contributed by atoms with Gasteiger partial charge in [0.05, 0.1) is 0 Å². The van der Waals surface area contributed by atoms with E-state index in [1.54, 1.807) is 0 Å². The van der Waals surface area contributed by atoms with Crippen LogP contribution < -0.4 is 5.32 Å². The van der Waals surface area contributed by atoms with Crippen LogP contribution in [0.25, 0.3) is 22.3 Å². The summed E-state index contributed by atoms with van der Waals surface area (Å²) in [5.74, 6) is 1.42. The van der Waals surface area contributed by atoms with Gasteiger partial charge in [0.25, 0.3) is 0 Å². The molecule has 0 fully saturated rings. The highest BCUT2D eigenvalue weighted by Gasteiger charge is 2.24. The molecule has 0 heterocycles. The Morgan fingerprint density at radius 1 is 0.471 bits per heavy atom. The molecule has 0 aliphatic heterocycles. The minimum atomic E-state index is 0.450. The van der Waals surface area contributed by atoms with E-state index in [2.05, 4.69) is 138 Å². The van der Waals surface area contributed by atoms with Crippen molar-refractivity contribution < 1.29 is 5.32 Å². The van der Waals surface area contributed by atoms with Crippen LogP contribution in [0.4, 0.5) is 11.4 Å². The fourth-order valence-electron chi connectivity index (χ4n) is 4.78. The minimum Gasteiger partial charge on any atom is -0.280 e. The smallest absolute Gasteiger partial charge is 0.150 e. The quantitative estimate of drug-likeness (QED) is 0.272. The zero-order chi connectivity index (χ0) is 24.2. The Morgan fingerprint density at radius 3 is 1.29 bits per heavy atom. The van der Waals surface area contributed by atoms with Crippen molar-refractivity contribution in [3.63, 3.8) is 0 Å². The third kappa shape index (κ3) is 5.00. The van der Waals surface area contributed by atoms with Crippen molar-refractivity contribution in [1.82, 2.24) is 0 Å². The molecule has 1 nitrogen and oxygen atoms in total. The second-order valence-electron chi connectivity index (χ2n) is 10.2. The lowest BCUT2D eigenvalue weighted by molar-refractivity contribution is -0.478. The molecule has 2 N–H and O–H groups in total. The van der Waals surface area contributed by atoms with Crippen molar-refractivity contribution >= 4 is 11.4 Å². The van der Waals surface area contributed by atoms with Crippen molar-refractivity contribution in [2.45, 2.75) is 59.3 Å². The molecule has 1 heteroatoms. The van der Waals surface area contributed by atoms with Gasteiger partial charge in [-0.1, -0.05) is 108 Å². The highest BCUT2D eigenvalue weighted by atomic mass is 14.9. The summed E-state index contributed by atoms with van der Waals surface area (Å²) in [6.45, 7) is 13.9. The number of quaternary nitrogens is 1. The van der Waals surface area contributed by atoms with E-state index < -0.39 is 0 Å². The van der Waals surface area contributed by atoms with Gasteiger partial charge in [0, 0.05) is 22.3 Å². The summed E-state index contributed by atoms with van der Waals surface area (Å²) < 4.78 is 0. The standard InChI is InChI=1S/C33H37N/c1-22(2)27-20-30(23(3)4)33(31(21-27)24(5)6)34-32-28(25-14-9-7-10-15-25)18-13-19-29(32)26-16-11-8-12-17-26/h7-24,34H,1-6H3/p+1. The fraction of sp³-hybridized carbons (Fsp3) is 0.273. The molecule has 0 aliphatic carbocycles. The number of rotatable bonds is 7. The maximum absolute atomic E-state index is 2.47. The van der Waals surface area contributed by atoms with Crippen LogP contribution in [0.15, 0.2) is 91.0 Å². The number of hydrogen-bond acceptors (Lipinski definition) is 0. The van der Waals surface area contributed by atoms with Gasteiger partial charge in [0.1, 0.15) is 11.4 Å². The van der Waals surface area contributed by atoms with Gasteiger partial charge in [0.15, 0.2) is 0 Å². The van der Waals surface area contributed by atoms with Crippen LogP contribution in [0.2, 0.25) is 0 Å². The predicted molar refractivity (Wildman–Crippen MR) is 147 cm³/mol. The van der Waals surface area contributed by atoms with Crippen molar-refractivity contribution in [2.24, 2.45) is 0 Å². The Kier molecular flexibility index (Phi) is 7.34. The monoisotopic (exact) mass is 448 g/mol. The third-order valence-corrected chi connectivity index (χ3v) is 6.74. The molecular weight excluding hydrogens is 410 g/mol. The first-order chi connectivity index (χ1) is 16.4. The van der Waals surface area contributed by atoms with Crippen LogP contribution >= 0.6 is 0 Å². The molecule has 0 radical (unpaired) electrons. The lowest BCUT2D eigenvalue weighted by Crippen LogP contribution is -2.72. The van der Waals surface area contributed by atoms with E-state index >= 15 is 0 Å². The lowest BCUT2D eigenvalue weighted by atomic mass is 9.86. The lowest BCUT2D eigenvalue weighted by Gasteiger charge is -2.22. The molecule has 0 bridgehead atoms. The van der Waals surface area contributed by atoms with Crippen LogP contribution in [-0.4, -0.2) is 0 Å². The van der Waals surface area contributed by atoms with E-state index in [0.717, 1.165) is 0 Å². The van der Waals surface area contributed by atoms with Gasteiger partial charge in [0.2, 0.25) is 0 Å². The Bertz CT molecular complexity index is 1150. The van der Waals surface area contributed by atoms with E-state index in [1.807, 2.05) is 0 Å². The van der Waals surface area contributed by atoms with E-state index in [1.165, 1.54) is 50.3 Å². The Labute approximate surface area is 205 Å². The molecule has 0 saturated carbocycles.